The van der Waals surface area contributed by atoms with Crippen molar-refractivity contribution in [3.05, 3.63) is 89.5 Å². The van der Waals surface area contributed by atoms with Crippen LogP contribution in [0.1, 0.15) is 21.5 Å². The molecule has 43 heavy (non-hydrogen) atoms. The zero-order valence-electron chi connectivity index (χ0n) is 21.9. The Morgan fingerprint density at radius 2 is 1.49 bits per heavy atom. The van der Waals surface area contributed by atoms with Crippen LogP contribution in [0, 0.1) is 0 Å². The maximum absolute atomic E-state index is 12.6. The molecule has 0 unspecified atom stereocenters. The van der Waals surface area contributed by atoms with E-state index in [1.54, 1.807) is 0 Å². The van der Waals surface area contributed by atoms with Gasteiger partial charge in [-0.1, -0.05) is 24.3 Å². The van der Waals surface area contributed by atoms with E-state index in [0.29, 0.717) is 11.3 Å². The highest BCUT2D eigenvalue weighted by Crippen LogP contribution is 2.19. The van der Waals surface area contributed by atoms with Crippen molar-refractivity contribution in [2.45, 2.75) is 25.2 Å². The molecule has 0 aliphatic rings. The first kappa shape index (κ1) is 32.5. The van der Waals surface area contributed by atoms with Crippen LogP contribution < -0.4 is 25.6 Å². The number of esters is 3. The second kappa shape index (κ2) is 13.8. The second-order valence-electron chi connectivity index (χ2n) is 8.69. The maximum Gasteiger partial charge on any atom is 0.491 e. The Hall–Kier alpha value is -5.00. The maximum atomic E-state index is 12.6. The van der Waals surface area contributed by atoms with Crippen molar-refractivity contribution >= 4 is 39.8 Å². The minimum atomic E-state index is -5.49. The molecule has 13 nitrogen and oxygen atoms in total. The molecule has 1 atom stereocenters. The van der Waals surface area contributed by atoms with Gasteiger partial charge in [0.25, 0.3) is 10.2 Å². The van der Waals surface area contributed by atoms with Gasteiger partial charge in [-0.3, -0.25) is 0 Å². The van der Waals surface area contributed by atoms with Gasteiger partial charge in [0.15, 0.2) is 5.96 Å². The largest absolute Gasteiger partial charge is 0.508 e. The van der Waals surface area contributed by atoms with E-state index in [0.717, 1.165) is 0 Å². The quantitative estimate of drug-likeness (QED) is 0.0685. The average Bonchev–Trinajstić information content (AvgIpc) is 2.93. The summed E-state index contributed by atoms with van der Waals surface area (Å²) in [5, 5.41) is 9.40. The summed E-state index contributed by atoms with van der Waals surface area (Å²) >= 11 is 0. The molecule has 0 spiro atoms. The van der Waals surface area contributed by atoms with Crippen molar-refractivity contribution in [3.63, 3.8) is 0 Å². The Labute approximate surface area is 242 Å². The Bertz CT molecular complexity index is 1590. The molecule has 0 aliphatic heterocycles. The van der Waals surface area contributed by atoms with Gasteiger partial charge in [0.1, 0.15) is 17.5 Å². The Kier molecular flexibility index (Phi) is 10.4. The number of nitrogens with two attached hydrogens (primary N) is 2. The van der Waals surface area contributed by atoms with Crippen LogP contribution in [0.3, 0.4) is 0 Å². The van der Waals surface area contributed by atoms with Crippen LogP contribution in [-0.4, -0.2) is 49.6 Å². The van der Waals surface area contributed by atoms with Crippen LogP contribution in [0.2, 0.25) is 0 Å². The van der Waals surface area contributed by atoms with Gasteiger partial charge < -0.3 is 26.0 Å². The molecule has 0 aromatic heterocycles. The van der Waals surface area contributed by atoms with Crippen LogP contribution in [-0.2, 0) is 37.5 Å². The van der Waals surface area contributed by atoms with Gasteiger partial charge >= 0.3 is 24.1 Å². The highest BCUT2D eigenvalue weighted by atomic mass is 32.2. The zero-order chi connectivity index (χ0) is 31.8. The van der Waals surface area contributed by atoms with Gasteiger partial charge in [0, 0.05) is 6.54 Å². The number of ether oxygens (including phenoxy) is 2. The zero-order valence-corrected chi connectivity index (χ0v) is 22.7. The molecule has 228 valence electrons. The van der Waals surface area contributed by atoms with E-state index in [1.807, 2.05) is 4.72 Å². The molecule has 3 aromatic carbocycles. The summed E-state index contributed by atoms with van der Waals surface area (Å²) in [4.78, 5) is 39.7. The van der Waals surface area contributed by atoms with Crippen molar-refractivity contribution in [2.75, 3.05) is 0 Å². The molecule has 0 saturated heterocycles. The number of nitrogens with zero attached hydrogens (tertiary/aromatic N) is 1. The van der Waals surface area contributed by atoms with Crippen LogP contribution in [0.15, 0.2) is 77.8 Å². The normalized spacial score (nSPS) is 12.2. The first-order valence-corrected chi connectivity index (χ1v) is 13.5. The number of nitrogens with one attached hydrogen (secondary N) is 2. The molecule has 0 saturated carbocycles. The number of phenolic OH excluding ortho intramolecular Hbond substituents is 1. The summed E-state index contributed by atoms with van der Waals surface area (Å²) in [5.74, 6) is -5.47. The van der Waals surface area contributed by atoms with Crippen molar-refractivity contribution < 1.29 is 50.6 Å². The molecular formula is C26H24F3N5O8S. The average molecular weight is 624 g/mol. The summed E-state index contributed by atoms with van der Waals surface area (Å²) in [6.45, 7) is -0.349. The van der Waals surface area contributed by atoms with Gasteiger partial charge in [0.05, 0.1) is 11.3 Å². The fourth-order valence-corrected chi connectivity index (χ4v) is 4.33. The van der Waals surface area contributed by atoms with Crippen molar-refractivity contribution in [2.24, 2.45) is 16.5 Å². The smallest absolute Gasteiger partial charge is 0.491 e. The standard InChI is InChI=1S/C26H24F3N5O8S/c27-26(28,29)24(38)42-23(37)21(13-15-1-9-19(35)10-2-15)34-43(39,40)32-14-16-3-11-20(12-4-16)41-22(36)17-5-7-18(8-6-17)33-25(30)31/h1-12,21,32,34-35H,13-14H2,(H4,30,31,33)/t21-/m0/s1. The predicted octanol–water partition coefficient (Wildman–Crippen LogP) is 1.68. The van der Waals surface area contributed by atoms with E-state index in [1.165, 1.54) is 72.8 Å². The van der Waals surface area contributed by atoms with E-state index in [9.17, 15) is 41.1 Å². The lowest BCUT2D eigenvalue weighted by atomic mass is 10.1. The SMILES string of the molecule is NC(N)=Nc1ccc(C(=O)Oc2ccc(CNS(=O)(=O)N[C@@H](Cc3ccc(O)cc3)C(=O)OC(=O)C(F)(F)F)cc2)cc1. The van der Waals surface area contributed by atoms with Crippen molar-refractivity contribution in [3.8, 4) is 11.5 Å². The number of benzene rings is 3. The second-order valence-corrected chi connectivity index (χ2v) is 10.2. The molecule has 17 heteroatoms. The van der Waals surface area contributed by atoms with E-state index < -0.39 is 46.8 Å². The summed E-state index contributed by atoms with van der Waals surface area (Å²) < 4.78 is 76.1. The van der Waals surface area contributed by atoms with Gasteiger partial charge in [-0.15, -0.1) is 0 Å². The van der Waals surface area contributed by atoms with Crippen LogP contribution in [0.25, 0.3) is 0 Å². The summed E-state index contributed by atoms with van der Waals surface area (Å²) in [7, 11) is -4.55. The number of carbonyl (C=O) groups is 3. The minimum Gasteiger partial charge on any atom is -0.508 e. The number of aliphatic imine (C=N–C) groups is 1. The molecule has 0 aliphatic carbocycles. The van der Waals surface area contributed by atoms with Crippen LogP contribution in [0.4, 0.5) is 18.9 Å². The van der Waals surface area contributed by atoms with E-state index in [-0.39, 0.29) is 35.1 Å². The summed E-state index contributed by atoms with van der Waals surface area (Å²) in [6.07, 6.45) is -6.00. The highest BCUT2D eigenvalue weighted by Gasteiger charge is 2.43. The lowest BCUT2D eigenvalue weighted by molar-refractivity contribution is -0.202. The predicted molar refractivity (Wildman–Crippen MR) is 145 cm³/mol. The Morgan fingerprint density at radius 1 is 0.907 bits per heavy atom. The van der Waals surface area contributed by atoms with Crippen molar-refractivity contribution in [1.82, 2.24) is 9.44 Å². The first-order chi connectivity index (χ1) is 20.1. The molecular weight excluding hydrogens is 599 g/mol. The highest BCUT2D eigenvalue weighted by molar-refractivity contribution is 7.87. The molecule has 0 fully saturated rings. The topological polar surface area (TPSA) is 212 Å². The third-order valence-corrected chi connectivity index (χ3v) is 6.46. The van der Waals surface area contributed by atoms with Gasteiger partial charge in [-0.05, 0) is 66.1 Å². The number of aromatic hydroxyl groups is 1. The summed E-state index contributed by atoms with van der Waals surface area (Å²) in [6, 6.07) is 14.6. The Balaban J connectivity index is 1.63. The molecule has 0 amide bonds. The number of rotatable bonds is 11. The number of halogens is 3. The molecule has 3 aromatic rings. The summed E-state index contributed by atoms with van der Waals surface area (Å²) in [5.41, 5.74) is 11.8. The Morgan fingerprint density at radius 3 is 2.05 bits per heavy atom. The lowest BCUT2D eigenvalue weighted by Crippen LogP contribution is -2.49. The number of phenols is 1. The fourth-order valence-electron chi connectivity index (χ4n) is 3.33. The number of hydrogen-bond donors (Lipinski definition) is 5. The minimum absolute atomic E-state index is 0.133. The first-order valence-electron chi connectivity index (χ1n) is 12.0. The monoisotopic (exact) mass is 623 g/mol. The molecule has 3 rings (SSSR count). The van der Waals surface area contributed by atoms with E-state index in [2.05, 4.69) is 14.5 Å². The van der Waals surface area contributed by atoms with Crippen LogP contribution >= 0.6 is 0 Å². The number of alkyl halides is 3. The number of hydrogen-bond acceptors (Lipinski definition) is 9. The van der Waals surface area contributed by atoms with E-state index in [4.69, 9.17) is 16.2 Å². The van der Waals surface area contributed by atoms with Crippen molar-refractivity contribution in [1.29, 1.82) is 0 Å². The van der Waals surface area contributed by atoms with E-state index >= 15 is 0 Å². The molecule has 0 bridgehead atoms. The molecule has 7 N–H and O–H groups in total. The number of carbonyl (C=O) groups excluding carboxylic acids is 3. The van der Waals surface area contributed by atoms with Gasteiger partial charge in [0.2, 0.25) is 0 Å². The third-order valence-electron chi connectivity index (χ3n) is 5.34. The molecule has 0 heterocycles. The third kappa shape index (κ3) is 10.4. The van der Waals surface area contributed by atoms with Gasteiger partial charge in [-0.25, -0.2) is 19.4 Å². The molecule has 0 radical (unpaired) electrons. The van der Waals surface area contributed by atoms with Gasteiger partial charge in [-0.2, -0.15) is 31.0 Å². The van der Waals surface area contributed by atoms with Crippen LogP contribution in [0.5, 0.6) is 11.5 Å². The fraction of sp³-hybridized carbons (Fsp3) is 0.154. The lowest BCUT2D eigenvalue weighted by Gasteiger charge is -2.18. The number of guanidine groups is 1.